The van der Waals surface area contributed by atoms with Gasteiger partial charge >= 0.3 is 0 Å². The summed E-state index contributed by atoms with van der Waals surface area (Å²) in [5.74, 6) is -3.35. The van der Waals surface area contributed by atoms with Crippen LogP contribution < -0.4 is 5.73 Å². The first-order valence-corrected chi connectivity index (χ1v) is 2.82. The third kappa shape index (κ3) is 1.19. The highest BCUT2D eigenvalue weighted by atomic mass is 19.3. The van der Waals surface area contributed by atoms with Crippen LogP contribution in [0.25, 0.3) is 0 Å². The predicted molar refractivity (Wildman–Crippen MR) is 28.3 cm³/mol. The second-order valence-corrected chi connectivity index (χ2v) is 2.20. The summed E-state index contributed by atoms with van der Waals surface area (Å²) in [6, 6.07) is 0. The highest BCUT2D eigenvalue weighted by molar-refractivity contribution is 4.82. The van der Waals surface area contributed by atoms with Crippen LogP contribution in [-0.2, 0) is 4.74 Å². The number of rotatable bonds is 2. The smallest absolute Gasteiger partial charge is 0.267 e. The van der Waals surface area contributed by atoms with Gasteiger partial charge in [0.25, 0.3) is 5.92 Å². The van der Waals surface area contributed by atoms with Gasteiger partial charge in [0.05, 0.1) is 25.7 Å². The zero-order valence-corrected chi connectivity index (χ0v) is 4.94. The largest absolute Gasteiger partial charge is 0.380 e. The molecule has 1 fully saturated rings. The molecule has 2 N–H and O–H groups in total. The summed E-state index contributed by atoms with van der Waals surface area (Å²) in [5.41, 5.74) is 4.81. The number of ether oxygens (including phenoxy) is 1. The van der Waals surface area contributed by atoms with E-state index in [2.05, 4.69) is 4.74 Å². The number of halogens is 2. The predicted octanol–water partition coefficient (Wildman–Crippen LogP) is 0.227. The molecule has 0 atom stereocenters. The minimum atomic E-state index is -2.71. The van der Waals surface area contributed by atoms with Crippen LogP contribution in [0.15, 0.2) is 0 Å². The summed E-state index contributed by atoms with van der Waals surface area (Å²) < 4.78 is 29.4. The zero-order chi connectivity index (χ0) is 6.91. The second-order valence-electron chi connectivity index (χ2n) is 2.20. The minimum Gasteiger partial charge on any atom is -0.380 e. The van der Waals surface area contributed by atoms with E-state index in [1.165, 1.54) is 0 Å². The van der Waals surface area contributed by atoms with Crippen molar-refractivity contribution in [2.75, 3.05) is 19.8 Å². The molecular weight excluding hydrogens is 128 g/mol. The van der Waals surface area contributed by atoms with Crippen molar-refractivity contribution in [2.45, 2.75) is 5.92 Å². The van der Waals surface area contributed by atoms with E-state index in [9.17, 15) is 8.78 Å². The van der Waals surface area contributed by atoms with Gasteiger partial charge in [-0.2, -0.15) is 0 Å². The number of hydrogen-bond donors (Lipinski definition) is 1. The van der Waals surface area contributed by atoms with Crippen LogP contribution in [0.3, 0.4) is 0 Å². The third-order valence-corrected chi connectivity index (χ3v) is 1.51. The Bertz CT molecular complexity index is 103. The van der Waals surface area contributed by atoms with Crippen LogP contribution >= 0.6 is 0 Å². The maximum atomic E-state index is 12.4. The van der Waals surface area contributed by atoms with Crippen molar-refractivity contribution in [2.24, 2.45) is 11.7 Å². The van der Waals surface area contributed by atoms with Gasteiger partial charge in [-0.1, -0.05) is 0 Å². The maximum absolute atomic E-state index is 12.4. The lowest BCUT2D eigenvalue weighted by Gasteiger charge is -2.32. The Morgan fingerprint density at radius 1 is 1.56 bits per heavy atom. The molecule has 0 spiro atoms. The topological polar surface area (TPSA) is 35.2 Å². The lowest BCUT2D eigenvalue weighted by atomic mass is 10.0. The molecule has 1 saturated heterocycles. The van der Waals surface area contributed by atoms with E-state index >= 15 is 0 Å². The second kappa shape index (κ2) is 2.19. The number of alkyl halides is 2. The van der Waals surface area contributed by atoms with Gasteiger partial charge in [0, 0.05) is 0 Å². The molecule has 0 aromatic rings. The van der Waals surface area contributed by atoms with Crippen molar-refractivity contribution in [1.29, 1.82) is 0 Å². The Kier molecular flexibility index (Phi) is 1.68. The zero-order valence-electron chi connectivity index (χ0n) is 4.94. The lowest BCUT2D eigenvalue weighted by molar-refractivity contribution is -0.163. The van der Waals surface area contributed by atoms with Gasteiger partial charge < -0.3 is 10.5 Å². The van der Waals surface area contributed by atoms with Crippen molar-refractivity contribution in [3.8, 4) is 0 Å². The first-order chi connectivity index (χ1) is 4.17. The van der Waals surface area contributed by atoms with E-state index < -0.39 is 18.4 Å². The fourth-order valence-corrected chi connectivity index (χ4v) is 0.646. The molecule has 0 saturated carbocycles. The summed E-state index contributed by atoms with van der Waals surface area (Å²) in [4.78, 5) is 0. The van der Waals surface area contributed by atoms with Crippen molar-refractivity contribution >= 4 is 0 Å². The summed E-state index contributed by atoms with van der Waals surface area (Å²) >= 11 is 0. The van der Waals surface area contributed by atoms with Crippen LogP contribution in [0.4, 0.5) is 8.78 Å². The summed E-state index contributed by atoms with van der Waals surface area (Å²) in [7, 11) is 0. The maximum Gasteiger partial charge on any atom is 0.267 e. The molecule has 0 radical (unpaired) electrons. The van der Waals surface area contributed by atoms with Crippen molar-refractivity contribution < 1.29 is 13.5 Å². The molecule has 1 heterocycles. The Balaban J connectivity index is 2.37. The van der Waals surface area contributed by atoms with Gasteiger partial charge in [0.15, 0.2) is 0 Å². The molecule has 1 aliphatic heterocycles. The molecule has 0 aliphatic carbocycles. The first-order valence-electron chi connectivity index (χ1n) is 2.82. The van der Waals surface area contributed by atoms with Crippen LogP contribution in [0, 0.1) is 5.92 Å². The monoisotopic (exact) mass is 137 g/mol. The molecule has 1 rings (SSSR count). The molecule has 2 nitrogen and oxygen atoms in total. The van der Waals surface area contributed by atoms with Crippen LogP contribution in [0.5, 0.6) is 0 Å². The fourth-order valence-electron chi connectivity index (χ4n) is 0.646. The van der Waals surface area contributed by atoms with Gasteiger partial charge in [-0.05, 0) is 0 Å². The Labute approximate surface area is 52.0 Å². The highest BCUT2D eigenvalue weighted by Gasteiger charge is 2.42. The number of nitrogens with two attached hydrogens (primary N) is 1. The van der Waals surface area contributed by atoms with E-state index in [0.717, 1.165) is 0 Å². The molecule has 0 aromatic heterocycles. The molecule has 0 aromatic carbocycles. The molecule has 9 heavy (non-hydrogen) atoms. The normalized spacial score (nSPS) is 21.7. The molecular formula is C5H9F2NO. The van der Waals surface area contributed by atoms with Crippen molar-refractivity contribution in [3.63, 3.8) is 0 Å². The molecule has 0 amide bonds. The molecule has 1 aliphatic rings. The summed E-state index contributed by atoms with van der Waals surface area (Å²) in [6.45, 7) is -0.255. The Morgan fingerprint density at radius 2 is 2.11 bits per heavy atom. The lowest BCUT2D eigenvalue weighted by Crippen LogP contribution is -2.47. The van der Waals surface area contributed by atoms with Gasteiger partial charge in [-0.15, -0.1) is 0 Å². The summed E-state index contributed by atoms with van der Waals surface area (Å²) in [6.07, 6.45) is 0. The third-order valence-electron chi connectivity index (χ3n) is 1.51. The van der Waals surface area contributed by atoms with E-state index in [4.69, 9.17) is 5.73 Å². The average Bonchev–Trinajstić information content (AvgIpc) is 1.60. The fraction of sp³-hybridized carbons (Fsp3) is 1.00. The Hall–Kier alpha value is -0.220. The van der Waals surface area contributed by atoms with Crippen LogP contribution in [0.2, 0.25) is 0 Å². The van der Waals surface area contributed by atoms with Crippen LogP contribution in [-0.4, -0.2) is 25.7 Å². The highest BCUT2D eigenvalue weighted by Crippen LogP contribution is 2.28. The van der Waals surface area contributed by atoms with E-state index in [1.54, 1.807) is 0 Å². The first kappa shape index (κ1) is 6.89. The quantitative estimate of drug-likeness (QED) is 0.591. The van der Waals surface area contributed by atoms with Gasteiger partial charge in [0.2, 0.25) is 0 Å². The average molecular weight is 137 g/mol. The van der Waals surface area contributed by atoms with E-state index in [-0.39, 0.29) is 13.2 Å². The number of hydrogen-bond acceptors (Lipinski definition) is 2. The minimum absolute atomic E-state index is 0.157. The van der Waals surface area contributed by atoms with Gasteiger partial charge in [-0.3, -0.25) is 0 Å². The SMILES string of the molecule is NCC(F)(F)C1COC1. The molecule has 0 bridgehead atoms. The van der Waals surface area contributed by atoms with E-state index in [1.807, 2.05) is 0 Å². The standard InChI is InChI=1S/C5H9F2NO/c6-5(7,3-8)4-1-9-2-4/h4H,1-3,8H2. The van der Waals surface area contributed by atoms with Gasteiger partial charge in [-0.25, -0.2) is 8.78 Å². The van der Waals surface area contributed by atoms with Gasteiger partial charge in [0.1, 0.15) is 0 Å². The molecule has 54 valence electrons. The molecule has 0 unspecified atom stereocenters. The summed E-state index contributed by atoms with van der Waals surface area (Å²) in [5, 5.41) is 0. The van der Waals surface area contributed by atoms with E-state index in [0.29, 0.717) is 0 Å². The molecule has 4 heteroatoms. The van der Waals surface area contributed by atoms with Crippen molar-refractivity contribution in [3.05, 3.63) is 0 Å². The van der Waals surface area contributed by atoms with Crippen molar-refractivity contribution in [1.82, 2.24) is 0 Å². The Morgan fingerprint density at radius 3 is 2.22 bits per heavy atom. The van der Waals surface area contributed by atoms with Crippen LogP contribution in [0.1, 0.15) is 0 Å².